The van der Waals surface area contributed by atoms with Crippen LogP contribution in [0.5, 0.6) is 0 Å². The molecule has 1 N–H and O–H groups in total. The third-order valence-electron chi connectivity index (χ3n) is 3.21. The van der Waals surface area contributed by atoms with Crippen molar-refractivity contribution in [3.8, 4) is 0 Å². The minimum atomic E-state index is -0.956. The van der Waals surface area contributed by atoms with E-state index < -0.39 is 5.97 Å². The van der Waals surface area contributed by atoms with Gasteiger partial charge in [-0.2, -0.15) is 0 Å². The Morgan fingerprint density at radius 1 is 1.43 bits per heavy atom. The van der Waals surface area contributed by atoms with Gasteiger partial charge in [-0.1, -0.05) is 13.8 Å². The van der Waals surface area contributed by atoms with Crippen LogP contribution in [-0.2, 0) is 0 Å². The van der Waals surface area contributed by atoms with Gasteiger partial charge >= 0.3 is 5.97 Å². The number of aromatic carboxylic acids is 1. The molecule has 0 aromatic carbocycles. The topological polar surface area (TPSA) is 93.8 Å². The van der Waals surface area contributed by atoms with E-state index in [1.165, 1.54) is 11.8 Å². The van der Waals surface area contributed by atoms with E-state index in [9.17, 15) is 9.90 Å². The van der Waals surface area contributed by atoms with Crippen molar-refractivity contribution in [1.82, 2.24) is 25.2 Å². The molecule has 0 amide bonds. The Bertz CT molecular complexity index is 681. The van der Waals surface area contributed by atoms with Crippen LogP contribution in [0.1, 0.15) is 54.7 Å². The zero-order chi connectivity index (χ0) is 15.0. The number of hydrogen-bond acceptors (Lipinski definition) is 6. The maximum atomic E-state index is 11.2. The third-order valence-corrected chi connectivity index (χ3v) is 4.08. The van der Waals surface area contributed by atoms with Crippen LogP contribution >= 0.6 is 11.8 Å². The minimum absolute atomic E-state index is 0.156. The molecule has 110 valence electrons. The summed E-state index contributed by atoms with van der Waals surface area (Å²) in [5.74, 6) is -0.800. The normalized spacial score (nSPS) is 14.6. The molecule has 2 aromatic rings. The number of carbonyl (C=O) groups is 1. The van der Waals surface area contributed by atoms with Crippen LogP contribution in [0.25, 0.3) is 0 Å². The molecule has 0 radical (unpaired) electrons. The molecule has 21 heavy (non-hydrogen) atoms. The Balaban J connectivity index is 1.93. The Labute approximate surface area is 125 Å². The first kappa shape index (κ1) is 14.0. The maximum absolute atomic E-state index is 11.2. The van der Waals surface area contributed by atoms with Crippen LogP contribution in [0.3, 0.4) is 0 Å². The second-order valence-corrected chi connectivity index (χ2v) is 6.31. The fraction of sp³-hybridized carbons (Fsp3) is 0.462. The fourth-order valence-corrected chi connectivity index (χ4v) is 2.77. The molecule has 1 saturated carbocycles. The predicted octanol–water partition coefficient (Wildman–Crippen LogP) is 2.38. The molecule has 1 fully saturated rings. The van der Waals surface area contributed by atoms with E-state index in [4.69, 9.17) is 0 Å². The van der Waals surface area contributed by atoms with E-state index in [1.807, 2.05) is 13.8 Å². The van der Waals surface area contributed by atoms with E-state index >= 15 is 0 Å². The third kappa shape index (κ3) is 3.05. The number of nitrogens with zero attached hydrogens (tertiary/aromatic N) is 5. The summed E-state index contributed by atoms with van der Waals surface area (Å²) >= 11 is 1.30. The number of aromatic nitrogens is 5. The molecular weight excluding hydrogens is 290 g/mol. The summed E-state index contributed by atoms with van der Waals surface area (Å²) in [5, 5.41) is 22.1. The number of tetrazole rings is 1. The molecule has 0 unspecified atom stereocenters. The first-order chi connectivity index (χ1) is 10.0. The van der Waals surface area contributed by atoms with Gasteiger partial charge in [0, 0.05) is 5.69 Å². The Morgan fingerprint density at radius 3 is 2.81 bits per heavy atom. The van der Waals surface area contributed by atoms with Crippen molar-refractivity contribution < 1.29 is 9.90 Å². The SMILES string of the molecule is CC(C)c1cc(C(=O)O)cc(Sc2nnnn2C2CC2)n1. The molecule has 2 aromatic heterocycles. The van der Waals surface area contributed by atoms with Crippen molar-refractivity contribution in [3.63, 3.8) is 0 Å². The molecule has 7 nitrogen and oxygen atoms in total. The van der Waals surface area contributed by atoms with Gasteiger partial charge in [-0.3, -0.25) is 0 Å². The Kier molecular flexibility index (Phi) is 3.62. The van der Waals surface area contributed by atoms with Gasteiger partial charge in [-0.25, -0.2) is 14.5 Å². The molecule has 1 aliphatic carbocycles. The highest BCUT2D eigenvalue weighted by Gasteiger charge is 2.28. The summed E-state index contributed by atoms with van der Waals surface area (Å²) in [7, 11) is 0. The van der Waals surface area contributed by atoms with Crippen molar-refractivity contribution in [1.29, 1.82) is 0 Å². The monoisotopic (exact) mass is 305 g/mol. The summed E-state index contributed by atoms with van der Waals surface area (Å²) in [6, 6.07) is 3.54. The lowest BCUT2D eigenvalue weighted by Gasteiger charge is -2.09. The molecule has 1 aliphatic rings. The van der Waals surface area contributed by atoms with Crippen molar-refractivity contribution in [3.05, 3.63) is 23.4 Å². The lowest BCUT2D eigenvalue weighted by Crippen LogP contribution is -2.03. The summed E-state index contributed by atoms with van der Waals surface area (Å²) in [6.45, 7) is 3.97. The van der Waals surface area contributed by atoms with Crippen LogP contribution in [0.2, 0.25) is 0 Å². The van der Waals surface area contributed by atoms with Crippen molar-refractivity contribution in [2.75, 3.05) is 0 Å². The summed E-state index contributed by atoms with van der Waals surface area (Å²) < 4.78 is 1.79. The molecule has 0 aliphatic heterocycles. The van der Waals surface area contributed by atoms with Gasteiger partial charge < -0.3 is 5.11 Å². The zero-order valence-electron chi connectivity index (χ0n) is 11.7. The average Bonchev–Trinajstić information content (AvgIpc) is 3.19. The molecular formula is C13H15N5O2S. The second kappa shape index (κ2) is 5.44. The summed E-state index contributed by atoms with van der Waals surface area (Å²) in [6.07, 6.45) is 2.16. The fourth-order valence-electron chi connectivity index (χ4n) is 1.89. The van der Waals surface area contributed by atoms with E-state index in [0.29, 0.717) is 16.2 Å². The van der Waals surface area contributed by atoms with E-state index in [1.54, 1.807) is 16.8 Å². The number of carboxylic acids is 1. The highest BCUT2D eigenvalue weighted by Crippen LogP contribution is 2.37. The number of hydrogen-bond donors (Lipinski definition) is 1. The number of carboxylic acid groups (broad SMARTS) is 1. The predicted molar refractivity (Wildman–Crippen MR) is 75.5 cm³/mol. The molecule has 3 rings (SSSR count). The Morgan fingerprint density at radius 2 is 2.19 bits per heavy atom. The molecule has 0 atom stereocenters. The lowest BCUT2D eigenvalue weighted by atomic mass is 10.1. The van der Waals surface area contributed by atoms with Gasteiger partial charge in [0.25, 0.3) is 0 Å². The number of pyridine rings is 1. The highest BCUT2D eigenvalue weighted by molar-refractivity contribution is 7.99. The van der Waals surface area contributed by atoms with Gasteiger partial charge in [-0.15, -0.1) is 5.10 Å². The minimum Gasteiger partial charge on any atom is -0.478 e. The van der Waals surface area contributed by atoms with Crippen LogP contribution < -0.4 is 0 Å². The van der Waals surface area contributed by atoms with Gasteiger partial charge in [0.05, 0.1) is 11.6 Å². The lowest BCUT2D eigenvalue weighted by molar-refractivity contribution is 0.0696. The van der Waals surface area contributed by atoms with Crippen molar-refractivity contribution in [2.24, 2.45) is 0 Å². The molecule has 0 saturated heterocycles. The smallest absolute Gasteiger partial charge is 0.335 e. The quantitative estimate of drug-likeness (QED) is 0.906. The highest BCUT2D eigenvalue weighted by atomic mass is 32.2. The molecule has 8 heteroatoms. The Hall–Kier alpha value is -1.96. The van der Waals surface area contributed by atoms with E-state index in [2.05, 4.69) is 20.5 Å². The van der Waals surface area contributed by atoms with Crippen LogP contribution in [-0.4, -0.2) is 36.3 Å². The van der Waals surface area contributed by atoms with Gasteiger partial charge in [-0.05, 0) is 53.1 Å². The first-order valence-corrected chi connectivity index (χ1v) is 7.57. The van der Waals surface area contributed by atoms with Crippen LogP contribution in [0, 0.1) is 0 Å². The summed E-state index contributed by atoms with van der Waals surface area (Å²) in [4.78, 5) is 15.7. The van der Waals surface area contributed by atoms with Gasteiger partial charge in [0.15, 0.2) is 0 Å². The zero-order valence-corrected chi connectivity index (χ0v) is 12.5. The van der Waals surface area contributed by atoms with E-state index in [-0.39, 0.29) is 11.5 Å². The van der Waals surface area contributed by atoms with E-state index in [0.717, 1.165) is 18.5 Å². The van der Waals surface area contributed by atoms with Crippen molar-refractivity contribution in [2.45, 2.75) is 48.8 Å². The van der Waals surface area contributed by atoms with Crippen molar-refractivity contribution >= 4 is 17.7 Å². The molecule has 2 heterocycles. The maximum Gasteiger partial charge on any atom is 0.335 e. The summed E-state index contributed by atoms with van der Waals surface area (Å²) in [5.41, 5.74) is 0.990. The second-order valence-electron chi connectivity index (χ2n) is 5.32. The molecule has 0 bridgehead atoms. The van der Waals surface area contributed by atoms with Crippen LogP contribution in [0.4, 0.5) is 0 Å². The molecule has 0 spiro atoms. The standard InChI is InChI=1S/C13H15N5O2S/c1-7(2)10-5-8(12(19)20)6-11(14-10)21-13-15-16-17-18(13)9-3-4-9/h5-7,9H,3-4H2,1-2H3,(H,19,20). The largest absolute Gasteiger partial charge is 0.478 e. The van der Waals surface area contributed by atoms with Gasteiger partial charge in [0.1, 0.15) is 5.03 Å². The first-order valence-electron chi connectivity index (χ1n) is 6.75. The van der Waals surface area contributed by atoms with Crippen LogP contribution in [0.15, 0.2) is 22.3 Å². The number of rotatable bonds is 5. The van der Waals surface area contributed by atoms with Gasteiger partial charge in [0.2, 0.25) is 5.16 Å². The average molecular weight is 305 g/mol.